The van der Waals surface area contributed by atoms with Gasteiger partial charge >= 0.3 is 0 Å². The molecule has 27 heavy (non-hydrogen) atoms. The lowest BCUT2D eigenvalue weighted by atomic mass is 10.1. The van der Waals surface area contributed by atoms with E-state index in [1.54, 1.807) is 24.3 Å². The first-order valence-electron chi connectivity index (χ1n) is 8.75. The maximum Gasteiger partial charge on any atom is 0.238 e. The van der Waals surface area contributed by atoms with Gasteiger partial charge in [-0.3, -0.25) is 14.5 Å². The van der Waals surface area contributed by atoms with E-state index in [4.69, 9.17) is 0 Å². The van der Waals surface area contributed by atoms with Crippen LogP contribution in [0.1, 0.15) is 17.3 Å². The lowest BCUT2D eigenvalue weighted by Gasteiger charge is -2.35. The molecule has 1 N–H and O–H groups in total. The van der Waals surface area contributed by atoms with Gasteiger partial charge in [0, 0.05) is 43.5 Å². The summed E-state index contributed by atoms with van der Waals surface area (Å²) in [7, 11) is 0. The van der Waals surface area contributed by atoms with Crippen LogP contribution in [0.15, 0.2) is 42.5 Å². The highest BCUT2D eigenvalue weighted by Gasteiger charge is 2.21. The molecule has 142 valence electrons. The number of rotatable bonds is 5. The highest BCUT2D eigenvalue weighted by atomic mass is 19.1. The minimum Gasteiger partial charge on any atom is -0.367 e. The van der Waals surface area contributed by atoms with Gasteiger partial charge in [0.1, 0.15) is 11.6 Å². The van der Waals surface area contributed by atoms with Crippen molar-refractivity contribution >= 4 is 23.1 Å². The number of benzene rings is 2. The van der Waals surface area contributed by atoms with Gasteiger partial charge in [-0.15, -0.1) is 0 Å². The number of carbonyl (C=O) groups excluding carboxylic acids is 2. The van der Waals surface area contributed by atoms with Crippen molar-refractivity contribution in [2.24, 2.45) is 0 Å². The van der Waals surface area contributed by atoms with Gasteiger partial charge in [0.2, 0.25) is 5.91 Å². The minimum atomic E-state index is -0.595. The van der Waals surface area contributed by atoms with Crippen LogP contribution in [0.3, 0.4) is 0 Å². The Morgan fingerprint density at radius 3 is 2.26 bits per heavy atom. The number of anilines is 2. The Bertz CT molecular complexity index is 832. The summed E-state index contributed by atoms with van der Waals surface area (Å²) in [6.45, 7) is 4.05. The molecule has 0 unspecified atom stereocenters. The molecule has 3 rings (SSSR count). The summed E-state index contributed by atoms with van der Waals surface area (Å²) in [5.41, 5.74) is 1.61. The third-order valence-corrected chi connectivity index (χ3v) is 4.57. The molecule has 7 heteroatoms. The van der Waals surface area contributed by atoms with Crippen LogP contribution < -0.4 is 10.2 Å². The number of nitrogens with one attached hydrogen (secondary N) is 1. The zero-order valence-electron chi connectivity index (χ0n) is 15.0. The molecule has 0 spiro atoms. The summed E-state index contributed by atoms with van der Waals surface area (Å²) < 4.78 is 26.9. The van der Waals surface area contributed by atoms with Gasteiger partial charge in [-0.05, 0) is 43.3 Å². The molecule has 1 amide bonds. The number of ketones is 1. The molecule has 0 aromatic heterocycles. The van der Waals surface area contributed by atoms with E-state index in [0.29, 0.717) is 43.1 Å². The maximum absolute atomic E-state index is 13.9. The first kappa shape index (κ1) is 19.0. The molecule has 1 heterocycles. The topological polar surface area (TPSA) is 52.7 Å². The standard InChI is InChI=1S/C20H21F2N3O2/c1-14(26)15-2-5-17(6-3-15)23-20(27)13-24-8-10-25(11-9-24)19-7-4-16(21)12-18(19)22/h2-7,12H,8-11,13H2,1H3,(H,23,27). The second kappa shape index (κ2) is 8.26. The lowest BCUT2D eigenvalue weighted by Crippen LogP contribution is -2.48. The lowest BCUT2D eigenvalue weighted by molar-refractivity contribution is -0.117. The van der Waals surface area contributed by atoms with Crippen LogP contribution in [0.4, 0.5) is 20.2 Å². The number of carbonyl (C=O) groups is 2. The second-order valence-electron chi connectivity index (χ2n) is 6.54. The summed E-state index contributed by atoms with van der Waals surface area (Å²) in [6.07, 6.45) is 0. The highest BCUT2D eigenvalue weighted by molar-refractivity contribution is 5.96. The zero-order valence-corrected chi connectivity index (χ0v) is 15.0. The van der Waals surface area contributed by atoms with Crippen molar-refractivity contribution in [3.05, 3.63) is 59.7 Å². The third kappa shape index (κ3) is 4.89. The zero-order chi connectivity index (χ0) is 19.4. The average Bonchev–Trinajstić information content (AvgIpc) is 2.63. The number of hydrogen-bond acceptors (Lipinski definition) is 4. The summed E-state index contributed by atoms with van der Waals surface area (Å²) in [5.74, 6) is -1.34. The first-order valence-corrected chi connectivity index (χ1v) is 8.75. The average molecular weight is 373 g/mol. The van der Waals surface area contributed by atoms with Crippen molar-refractivity contribution in [2.45, 2.75) is 6.92 Å². The van der Waals surface area contributed by atoms with Crippen molar-refractivity contribution in [1.29, 1.82) is 0 Å². The van der Waals surface area contributed by atoms with Gasteiger partial charge in [-0.1, -0.05) is 0 Å². The molecule has 0 saturated carbocycles. The Morgan fingerprint density at radius 2 is 1.67 bits per heavy atom. The molecule has 0 bridgehead atoms. The van der Waals surface area contributed by atoms with Crippen molar-refractivity contribution in [1.82, 2.24) is 4.90 Å². The number of nitrogens with zero attached hydrogens (tertiary/aromatic N) is 2. The number of halogens is 2. The van der Waals surface area contributed by atoms with Crippen molar-refractivity contribution in [3.63, 3.8) is 0 Å². The molecule has 1 saturated heterocycles. The van der Waals surface area contributed by atoms with Gasteiger partial charge in [0.15, 0.2) is 5.78 Å². The number of Topliss-reactive ketones (excluding diaryl/α,β-unsaturated/α-hetero) is 1. The van der Waals surface area contributed by atoms with Crippen LogP contribution in [0.25, 0.3) is 0 Å². The number of hydrogen-bond donors (Lipinski definition) is 1. The predicted molar refractivity (Wildman–Crippen MR) is 100 cm³/mol. The van der Waals surface area contributed by atoms with Crippen LogP contribution in [0.5, 0.6) is 0 Å². The first-order chi connectivity index (χ1) is 12.9. The molecule has 1 aliphatic heterocycles. The number of piperazine rings is 1. The highest BCUT2D eigenvalue weighted by Crippen LogP contribution is 2.21. The Balaban J connectivity index is 1.49. The fourth-order valence-corrected chi connectivity index (χ4v) is 3.08. The van der Waals surface area contributed by atoms with E-state index in [-0.39, 0.29) is 18.2 Å². The van der Waals surface area contributed by atoms with E-state index in [2.05, 4.69) is 5.32 Å². The van der Waals surface area contributed by atoms with Gasteiger partial charge in [0.25, 0.3) is 0 Å². The van der Waals surface area contributed by atoms with Gasteiger partial charge in [-0.2, -0.15) is 0 Å². The van der Waals surface area contributed by atoms with Gasteiger partial charge in [-0.25, -0.2) is 8.78 Å². The predicted octanol–water partition coefficient (Wildman–Crippen LogP) is 2.93. The molecular weight excluding hydrogens is 352 g/mol. The van der Waals surface area contributed by atoms with E-state index in [1.807, 2.05) is 9.80 Å². The molecule has 1 fully saturated rings. The number of amides is 1. The quantitative estimate of drug-likeness (QED) is 0.819. The van der Waals surface area contributed by atoms with E-state index in [1.165, 1.54) is 19.1 Å². The second-order valence-corrected chi connectivity index (χ2v) is 6.54. The van der Waals surface area contributed by atoms with E-state index < -0.39 is 11.6 Å². The molecule has 2 aromatic rings. The van der Waals surface area contributed by atoms with Gasteiger partial charge < -0.3 is 10.2 Å². The Labute approximate surface area is 156 Å². The molecule has 0 atom stereocenters. The van der Waals surface area contributed by atoms with Crippen molar-refractivity contribution in [3.8, 4) is 0 Å². The fraction of sp³-hybridized carbons (Fsp3) is 0.300. The summed E-state index contributed by atoms with van der Waals surface area (Å²) in [6, 6.07) is 10.3. The third-order valence-electron chi connectivity index (χ3n) is 4.57. The van der Waals surface area contributed by atoms with Crippen LogP contribution in [-0.2, 0) is 4.79 Å². The molecule has 0 aliphatic carbocycles. The molecule has 2 aromatic carbocycles. The van der Waals surface area contributed by atoms with Crippen LogP contribution in [-0.4, -0.2) is 49.3 Å². The van der Waals surface area contributed by atoms with Crippen molar-refractivity contribution < 1.29 is 18.4 Å². The minimum absolute atomic E-state index is 0.0247. The van der Waals surface area contributed by atoms with E-state index in [0.717, 1.165) is 6.07 Å². The molecular formula is C20H21F2N3O2. The van der Waals surface area contributed by atoms with Crippen LogP contribution in [0.2, 0.25) is 0 Å². The van der Waals surface area contributed by atoms with Gasteiger partial charge in [0.05, 0.1) is 12.2 Å². The van der Waals surface area contributed by atoms with E-state index >= 15 is 0 Å². The molecule has 5 nitrogen and oxygen atoms in total. The fourth-order valence-electron chi connectivity index (χ4n) is 3.08. The summed E-state index contributed by atoms with van der Waals surface area (Å²) in [5, 5.41) is 2.81. The molecule has 0 radical (unpaired) electrons. The summed E-state index contributed by atoms with van der Waals surface area (Å²) >= 11 is 0. The van der Waals surface area contributed by atoms with Crippen LogP contribution in [0, 0.1) is 11.6 Å². The largest absolute Gasteiger partial charge is 0.367 e. The Hall–Kier alpha value is -2.80. The Kier molecular flexibility index (Phi) is 5.81. The monoisotopic (exact) mass is 373 g/mol. The SMILES string of the molecule is CC(=O)c1ccc(NC(=O)CN2CCN(c3ccc(F)cc3F)CC2)cc1. The summed E-state index contributed by atoms with van der Waals surface area (Å²) in [4.78, 5) is 27.3. The van der Waals surface area contributed by atoms with Crippen LogP contribution >= 0.6 is 0 Å². The Morgan fingerprint density at radius 1 is 1.00 bits per heavy atom. The smallest absolute Gasteiger partial charge is 0.238 e. The maximum atomic E-state index is 13.9. The molecule has 1 aliphatic rings. The van der Waals surface area contributed by atoms with Crippen molar-refractivity contribution in [2.75, 3.05) is 42.9 Å². The van der Waals surface area contributed by atoms with E-state index in [9.17, 15) is 18.4 Å². The normalized spacial score (nSPS) is 14.9.